The van der Waals surface area contributed by atoms with E-state index >= 15 is 0 Å². The molecule has 140 valence electrons. The van der Waals surface area contributed by atoms with Crippen molar-refractivity contribution in [3.05, 3.63) is 71.5 Å². The third-order valence-electron chi connectivity index (χ3n) is 4.24. The molecule has 1 amide bonds. The van der Waals surface area contributed by atoms with E-state index < -0.39 is 0 Å². The largest absolute Gasteiger partial charge is 0.284 e. The maximum absolute atomic E-state index is 13.2. The van der Waals surface area contributed by atoms with Crippen LogP contribution in [0.3, 0.4) is 0 Å². The molecule has 2 aromatic rings. The number of benzene rings is 2. The lowest BCUT2D eigenvalue weighted by atomic mass is 10.1. The minimum atomic E-state index is -0.289. The number of rotatable bonds is 7. The molecule has 1 fully saturated rings. The van der Waals surface area contributed by atoms with Gasteiger partial charge in [0.25, 0.3) is 0 Å². The van der Waals surface area contributed by atoms with E-state index in [1.807, 2.05) is 30.3 Å². The highest BCUT2D eigenvalue weighted by molar-refractivity contribution is 8.15. The second-order valence-electron chi connectivity index (χ2n) is 6.34. The van der Waals surface area contributed by atoms with E-state index in [-0.39, 0.29) is 17.0 Å². The zero-order valence-electron chi connectivity index (χ0n) is 15.2. The van der Waals surface area contributed by atoms with Crippen LogP contribution in [0.2, 0.25) is 0 Å². The first-order chi connectivity index (χ1) is 13.2. The Morgan fingerprint density at radius 2 is 1.89 bits per heavy atom. The minimum Gasteiger partial charge on any atom is -0.284 e. The summed E-state index contributed by atoms with van der Waals surface area (Å²) in [7, 11) is 0. The van der Waals surface area contributed by atoms with Crippen molar-refractivity contribution in [1.29, 1.82) is 0 Å². The van der Waals surface area contributed by atoms with E-state index in [2.05, 4.69) is 17.1 Å². The Hall–Kier alpha value is -2.47. The van der Waals surface area contributed by atoms with Crippen LogP contribution in [0, 0.1) is 5.82 Å². The molecule has 0 bridgehead atoms. The molecule has 0 aliphatic carbocycles. The molecule has 1 heterocycles. The summed E-state index contributed by atoms with van der Waals surface area (Å²) < 4.78 is 13.2. The van der Waals surface area contributed by atoms with E-state index in [1.165, 1.54) is 23.9 Å². The normalized spacial score (nSPS) is 18.7. The highest BCUT2D eigenvalue weighted by Crippen LogP contribution is 2.32. The van der Waals surface area contributed by atoms with E-state index in [1.54, 1.807) is 23.2 Å². The number of amides is 1. The molecular weight excluding hydrogens is 361 g/mol. The predicted octanol–water partition coefficient (Wildman–Crippen LogP) is 4.85. The maximum Gasteiger partial charge on any atom is 0.242 e. The quantitative estimate of drug-likeness (QED) is 0.507. The first-order valence-corrected chi connectivity index (χ1v) is 9.94. The van der Waals surface area contributed by atoms with Crippen molar-refractivity contribution in [3.8, 4) is 0 Å². The maximum atomic E-state index is 13.2. The van der Waals surface area contributed by atoms with Crippen LogP contribution >= 0.6 is 11.8 Å². The smallest absolute Gasteiger partial charge is 0.242 e. The molecule has 0 radical (unpaired) electrons. The summed E-state index contributed by atoms with van der Waals surface area (Å²) >= 11 is 1.46. The van der Waals surface area contributed by atoms with Gasteiger partial charge in [0.15, 0.2) is 5.17 Å². The summed E-state index contributed by atoms with van der Waals surface area (Å²) in [6.45, 7) is 2.48. The van der Waals surface area contributed by atoms with Crippen LogP contribution < -0.4 is 0 Å². The van der Waals surface area contributed by atoms with Gasteiger partial charge in [-0.3, -0.25) is 9.69 Å². The van der Waals surface area contributed by atoms with Crippen molar-refractivity contribution < 1.29 is 9.18 Å². The minimum absolute atomic E-state index is 0.0476. The standard InChI is InChI=1S/C21H22FN3OS/c1-2-3-9-19-20(26)25(15-17-10-12-18(22)13-11-17)21(27-19)24-23-14-16-7-5-4-6-8-16/h4-8,10-14,19H,2-3,9,15H2,1H3. The van der Waals surface area contributed by atoms with Crippen molar-refractivity contribution in [2.24, 2.45) is 10.2 Å². The van der Waals surface area contributed by atoms with Crippen LogP contribution in [-0.4, -0.2) is 27.4 Å². The van der Waals surface area contributed by atoms with Crippen LogP contribution in [-0.2, 0) is 11.3 Å². The lowest BCUT2D eigenvalue weighted by Gasteiger charge is -2.15. The SMILES string of the molecule is CCCCC1SC(=NN=Cc2ccccc2)N(Cc2ccc(F)cc2)C1=O. The highest BCUT2D eigenvalue weighted by Gasteiger charge is 2.37. The molecule has 1 aliphatic rings. The summed E-state index contributed by atoms with van der Waals surface area (Å²) in [5.74, 6) is -0.241. The molecular formula is C21H22FN3OS. The summed E-state index contributed by atoms with van der Waals surface area (Å²) in [6.07, 6.45) is 4.53. The van der Waals surface area contributed by atoms with Crippen molar-refractivity contribution in [3.63, 3.8) is 0 Å². The second kappa shape index (κ2) is 9.46. The fourth-order valence-electron chi connectivity index (χ4n) is 2.76. The van der Waals surface area contributed by atoms with Crippen LogP contribution in [0.25, 0.3) is 0 Å². The fourth-order valence-corrected chi connectivity index (χ4v) is 3.90. The molecule has 1 aliphatic heterocycles. The Kier molecular flexibility index (Phi) is 6.76. The zero-order valence-corrected chi connectivity index (χ0v) is 16.0. The molecule has 1 unspecified atom stereocenters. The summed E-state index contributed by atoms with van der Waals surface area (Å²) in [5, 5.41) is 8.94. The van der Waals surface area contributed by atoms with Gasteiger partial charge in [-0.15, -0.1) is 5.10 Å². The van der Waals surface area contributed by atoms with Gasteiger partial charge in [-0.1, -0.05) is 74.0 Å². The number of thioether (sulfide) groups is 1. The molecule has 6 heteroatoms. The Bertz CT molecular complexity index is 821. The van der Waals surface area contributed by atoms with E-state index in [4.69, 9.17) is 0 Å². The van der Waals surface area contributed by atoms with Crippen molar-refractivity contribution in [2.45, 2.75) is 38.0 Å². The first-order valence-electron chi connectivity index (χ1n) is 9.06. The van der Waals surface area contributed by atoms with Gasteiger partial charge in [0.2, 0.25) is 5.91 Å². The molecule has 1 saturated heterocycles. The third-order valence-corrected chi connectivity index (χ3v) is 5.48. The molecule has 0 N–H and O–H groups in total. The van der Waals surface area contributed by atoms with E-state index in [9.17, 15) is 9.18 Å². The molecule has 0 aromatic heterocycles. The molecule has 1 atom stereocenters. The molecule has 27 heavy (non-hydrogen) atoms. The number of hydrogen-bond donors (Lipinski definition) is 0. The lowest BCUT2D eigenvalue weighted by molar-refractivity contribution is -0.126. The Morgan fingerprint density at radius 1 is 1.15 bits per heavy atom. The predicted molar refractivity (Wildman–Crippen MR) is 109 cm³/mol. The Morgan fingerprint density at radius 3 is 2.59 bits per heavy atom. The van der Waals surface area contributed by atoms with E-state index in [0.29, 0.717) is 11.7 Å². The zero-order chi connectivity index (χ0) is 19.1. The number of carbonyl (C=O) groups excluding carboxylic acids is 1. The Labute approximate surface area is 163 Å². The molecule has 3 rings (SSSR count). The molecule has 4 nitrogen and oxygen atoms in total. The number of halogens is 1. The van der Waals surface area contributed by atoms with Crippen LogP contribution in [0.4, 0.5) is 4.39 Å². The van der Waals surface area contributed by atoms with Gasteiger partial charge < -0.3 is 0 Å². The van der Waals surface area contributed by atoms with Crippen LogP contribution in [0.1, 0.15) is 37.3 Å². The van der Waals surface area contributed by atoms with Gasteiger partial charge in [-0.05, 0) is 29.7 Å². The van der Waals surface area contributed by atoms with Gasteiger partial charge in [0, 0.05) is 0 Å². The fraction of sp³-hybridized carbons (Fsp3) is 0.286. The van der Waals surface area contributed by atoms with Gasteiger partial charge in [-0.25, -0.2) is 4.39 Å². The molecule has 0 saturated carbocycles. The molecule has 2 aromatic carbocycles. The number of amidine groups is 1. The average molecular weight is 383 g/mol. The number of unbranched alkanes of at least 4 members (excludes halogenated alkanes) is 1. The van der Waals surface area contributed by atoms with Gasteiger partial charge in [0.1, 0.15) is 5.82 Å². The monoisotopic (exact) mass is 383 g/mol. The number of nitrogens with zero attached hydrogens (tertiary/aromatic N) is 3. The van der Waals surface area contributed by atoms with Gasteiger partial charge in [0.05, 0.1) is 18.0 Å². The molecule has 0 spiro atoms. The average Bonchev–Trinajstić information content (AvgIpc) is 2.98. The lowest BCUT2D eigenvalue weighted by Crippen LogP contribution is -2.31. The topological polar surface area (TPSA) is 45.0 Å². The van der Waals surface area contributed by atoms with Crippen LogP contribution in [0.15, 0.2) is 64.8 Å². The summed E-state index contributed by atoms with van der Waals surface area (Å²) in [5.41, 5.74) is 1.81. The Balaban J connectivity index is 1.78. The van der Waals surface area contributed by atoms with E-state index in [0.717, 1.165) is 30.4 Å². The highest BCUT2D eigenvalue weighted by atomic mass is 32.2. The van der Waals surface area contributed by atoms with Crippen molar-refractivity contribution in [2.75, 3.05) is 0 Å². The number of carbonyl (C=O) groups is 1. The third kappa shape index (κ3) is 5.26. The second-order valence-corrected chi connectivity index (χ2v) is 7.51. The van der Waals surface area contributed by atoms with Gasteiger partial charge in [-0.2, -0.15) is 5.10 Å². The first kappa shape index (κ1) is 19.3. The summed E-state index contributed by atoms with van der Waals surface area (Å²) in [4.78, 5) is 14.5. The van der Waals surface area contributed by atoms with Crippen molar-refractivity contribution in [1.82, 2.24) is 4.90 Å². The number of hydrogen-bond acceptors (Lipinski definition) is 4. The van der Waals surface area contributed by atoms with Crippen molar-refractivity contribution >= 4 is 29.1 Å². The van der Waals surface area contributed by atoms with Crippen LogP contribution in [0.5, 0.6) is 0 Å². The van der Waals surface area contributed by atoms with Gasteiger partial charge >= 0.3 is 0 Å². The summed E-state index contributed by atoms with van der Waals surface area (Å²) in [6, 6.07) is 15.9.